The van der Waals surface area contributed by atoms with Gasteiger partial charge in [0, 0.05) is 27.3 Å². The molecule has 1 aliphatic rings. The van der Waals surface area contributed by atoms with Crippen molar-refractivity contribution in [1.29, 1.82) is 0 Å². The Morgan fingerprint density at radius 1 is 1.61 bits per heavy atom. The summed E-state index contributed by atoms with van der Waals surface area (Å²) in [5, 5.41) is 0. The molecule has 2 N–H and O–H groups in total. The van der Waals surface area contributed by atoms with Gasteiger partial charge in [-0.2, -0.15) is 0 Å². The van der Waals surface area contributed by atoms with E-state index >= 15 is 0 Å². The maximum absolute atomic E-state index is 5.88. The Balaban J connectivity index is 2.27. The average molecular weight is 333 g/mol. The molecule has 18 heavy (non-hydrogen) atoms. The monoisotopic (exact) mass is 332 g/mol. The summed E-state index contributed by atoms with van der Waals surface area (Å²) in [5.74, 6) is 0. The third-order valence-electron chi connectivity index (χ3n) is 3.37. The molecular formula is C13H21BrN2OS. The van der Waals surface area contributed by atoms with Crippen molar-refractivity contribution in [3.8, 4) is 0 Å². The van der Waals surface area contributed by atoms with Crippen LogP contribution < -0.4 is 5.73 Å². The number of aryl methyl sites for hydroxylation is 1. The molecule has 0 spiro atoms. The van der Waals surface area contributed by atoms with Crippen LogP contribution in [0.25, 0.3) is 0 Å². The van der Waals surface area contributed by atoms with Gasteiger partial charge in [-0.1, -0.05) is 6.92 Å². The molecule has 2 atom stereocenters. The van der Waals surface area contributed by atoms with Crippen molar-refractivity contribution in [3.05, 3.63) is 20.3 Å². The zero-order valence-electron chi connectivity index (χ0n) is 11.0. The van der Waals surface area contributed by atoms with Crippen LogP contribution in [0.4, 0.5) is 0 Å². The van der Waals surface area contributed by atoms with Gasteiger partial charge < -0.3 is 10.5 Å². The summed E-state index contributed by atoms with van der Waals surface area (Å²) in [6.45, 7) is 7.86. The number of nitrogens with two attached hydrogens (primary N) is 1. The van der Waals surface area contributed by atoms with Crippen molar-refractivity contribution in [3.63, 3.8) is 0 Å². The van der Waals surface area contributed by atoms with Crippen molar-refractivity contribution < 1.29 is 4.74 Å². The number of thiophene rings is 1. The van der Waals surface area contributed by atoms with Crippen molar-refractivity contribution in [1.82, 2.24) is 4.90 Å². The molecule has 3 nitrogen and oxygen atoms in total. The Bertz CT molecular complexity index is 375. The lowest BCUT2D eigenvalue weighted by Crippen LogP contribution is -2.48. The topological polar surface area (TPSA) is 38.5 Å². The summed E-state index contributed by atoms with van der Waals surface area (Å²) < 4.78 is 7.04. The molecule has 0 amide bonds. The van der Waals surface area contributed by atoms with Crippen LogP contribution in [0.15, 0.2) is 10.5 Å². The van der Waals surface area contributed by atoms with Crippen LogP contribution in [0.2, 0.25) is 0 Å². The number of hydrogen-bond donors (Lipinski definition) is 1. The third-order valence-corrected chi connectivity index (χ3v) is 5.57. The molecule has 0 aromatic carbocycles. The lowest BCUT2D eigenvalue weighted by Gasteiger charge is -2.40. The average Bonchev–Trinajstić information content (AvgIpc) is 2.69. The highest BCUT2D eigenvalue weighted by Gasteiger charge is 2.33. The second-order valence-electron chi connectivity index (χ2n) is 4.68. The highest BCUT2D eigenvalue weighted by atomic mass is 79.9. The lowest BCUT2D eigenvalue weighted by molar-refractivity contribution is -0.0664. The summed E-state index contributed by atoms with van der Waals surface area (Å²) in [6.07, 6.45) is 1.29. The smallest absolute Gasteiger partial charge is 0.0902 e. The van der Waals surface area contributed by atoms with Crippen LogP contribution in [0.1, 0.15) is 29.1 Å². The first-order chi connectivity index (χ1) is 8.67. The van der Waals surface area contributed by atoms with Crippen LogP contribution in [-0.2, 0) is 4.74 Å². The van der Waals surface area contributed by atoms with Crippen LogP contribution in [-0.4, -0.2) is 37.2 Å². The van der Waals surface area contributed by atoms with Crippen molar-refractivity contribution >= 4 is 27.3 Å². The summed E-state index contributed by atoms with van der Waals surface area (Å²) in [4.78, 5) is 5.20. The highest BCUT2D eigenvalue weighted by molar-refractivity contribution is 9.10. The van der Waals surface area contributed by atoms with Gasteiger partial charge in [0.05, 0.1) is 18.8 Å². The van der Waals surface area contributed by atoms with E-state index in [1.165, 1.54) is 20.6 Å². The maximum atomic E-state index is 5.88. The van der Waals surface area contributed by atoms with Crippen molar-refractivity contribution in [2.24, 2.45) is 5.73 Å². The first-order valence-electron chi connectivity index (χ1n) is 6.49. The second kappa shape index (κ2) is 6.48. The van der Waals surface area contributed by atoms with E-state index in [1.54, 1.807) is 0 Å². The molecule has 1 aliphatic heterocycles. The molecule has 2 heterocycles. The molecule has 1 aromatic heterocycles. The fraction of sp³-hybridized carbons (Fsp3) is 0.692. The van der Waals surface area contributed by atoms with Gasteiger partial charge in [-0.3, -0.25) is 4.90 Å². The summed E-state index contributed by atoms with van der Waals surface area (Å²) >= 11 is 5.45. The molecule has 102 valence electrons. The largest absolute Gasteiger partial charge is 0.374 e. The van der Waals surface area contributed by atoms with Gasteiger partial charge >= 0.3 is 0 Å². The Hall–Kier alpha value is 0.0600. The minimum Gasteiger partial charge on any atom is -0.374 e. The van der Waals surface area contributed by atoms with Crippen LogP contribution in [0.5, 0.6) is 0 Å². The molecule has 0 radical (unpaired) electrons. The normalized spacial score (nSPS) is 25.6. The van der Waals surface area contributed by atoms with E-state index in [0.29, 0.717) is 12.6 Å². The van der Waals surface area contributed by atoms with Gasteiger partial charge in [0.1, 0.15) is 0 Å². The van der Waals surface area contributed by atoms with Crippen LogP contribution in [0.3, 0.4) is 0 Å². The predicted octanol–water partition coefficient (Wildman–Crippen LogP) is 2.93. The Kier molecular flexibility index (Phi) is 5.21. The first kappa shape index (κ1) is 14.5. The zero-order valence-corrected chi connectivity index (χ0v) is 13.4. The molecule has 1 aromatic rings. The molecule has 1 saturated heterocycles. The zero-order chi connectivity index (χ0) is 13.1. The molecule has 1 fully saturated rings. The lowest BCUT2D eigenvalue weighted by atomic mass is 10.0. The Morgan fingerprint density at radius 3 is 2.94 bits per heavy atom. The molecular weight excluding hydrogens is 312 g/mol. The van der Waals surface area contributed by atoms with E-state index in [4.69, 9.17) is 10.5 Å². The van der Waals surface area contributed by atoms with E-state index < -0.39 is 0 Å². The van der Waals surface area contributed by atoms with Crippen LogP contribution >= 0.6 is 27.3 Å². The van der Waals surface area contributed by atoms with E-state index in [1.807, 2.05) is 11.3 Å². The van der Waals surface area contributed by atoms with Gasteiger partial charge in [-0.15, -0.1) is 11.3 Å². The number of halogens is 1. The highest BCUT2D eigenvalue weighted by Crippen LogP contribution is 2.37. The number of morpholine rings is 1. The van der Waals surface area contributed by atoms with E-state index in [0.717, 1.165) is 19.7 Å². The molecule has 2 rings (SSSR count). The van der Waals surface area contributed by atoms with Gasteiger partial charge in [-0.05, 0) is 41.9 Å². The molecule has 2 unspecified atom stereocenters. The standard InChI is InChI=1S/C13H21BrN2OS/c1-3-4-16-5-6-17-11(8-15)13(16)12-7-10(14)9(2)18-12/h7,11,13H,3-6,8,15H2,1-2H3. The Labute approximate surface area is 121 Å². The molecule has 0 bridgehead atoms. The van der Waals surface area contributed by atoms with Crippen LogP contribution in [0, 0.1) is 6.92 Å². The first-order valence-corrected chi connectivity index (χ1v) is 8.09. The third kappa shape index (κ3) is 2.96. The number of nitrogens with zero attached hydrogens (tertiary/aromatic N) is 1. The quantitative estimate of drug-likeness (QED) is 0.921. The van der Waals surface area contributed by atoms with Gasteiger partial charge in [-0.25, -0.2) is 0 Å². The Morgan fingerprint density at radius 2 is 2.39 bits per heavy atom. The van der Waals surface area contributed by atoms with E-state index in [2.05, 4.69) is 40.7 Å². The maximum Gasteiger partial charge on any atom is 0.0902 e. The van der Waals surface area contributed by atoms with Gasteiger partial charge in [0.15, 0.2) is 0 Å². The molecule has 0 aliphatic carbocycles. The number of rotatable bonds is 4. The summed E-state index contributed by atoms with van der Waals surface area (Å²) in [5.41, 5.74) is 5.88. The fourth-order valence-electron chi connectivity index (χ4n) is 2.51. The van der Waals surface area contributed by atoms with Crippen molar-refractivity contribution in [2.75, 3.05) is 26.2 Å². The fourth-order valence-corrected chi connectivity index (χ4v) is 4.26. The van der Waals surface area contributed by atoms with Gasteiger partial charge in [0.2, 0.25) is 0 Å². The SMILES string of the molecule is CCCN1CCOC(CN)C1c1cc(Br)c(C)s1. The van der Waals surface area contributed by atoms with E-state index in [-0.39, 0.29) is 6.10 Å². The van der Waals surface area contributed by atoms with E-state index in [9.17, 15) is 0 Å². The molecule has 0 saturated carbocycles. The second-order valence-corrected chi connectivity index (χ2v) is 6.82. The minimum atomic E-state index is 0.121. The summed E-state index contributed by atoms with van der Waals surface area (Å²) in [6, 6.07) is 2.55. The number of ether oxygens (including phenoxy) is 1. The van der Waals surface area contributed by atoms with Gasteiger partial charge in [0.25, 0.3) is 0 Å². The summed E-state index contributed by atoms with van der Waals surface area (Å²) in [7, 11) is 0. The van der Waals surface area contributed by atoms with Crippen molar-refractivity contribution in [2.45, 2.75) is 32.4 Å². The molecule has 5 heteroatoms. The minimum absolute atomic E-state index is 0.121. The predicted molar refractivity (Wildman–Crippen MR) is 80.2 cm³/mol. The number of hydrogen-bond acceptors (Lipinski definition) is 4.